The Bertz CT molecular complexity index is 754. The number of nitrogens with zero attached hydrogens (tertiary/aromatic N) is 2. The Kier molecular flexibility index (Phi) is 3.89. The molecule has 24 heavy (non-hydrogen) atoms. The van der Waals surface area contributed by atoms with Crippen LogP contribution < -0.4 is 9.47 Å². The van der Waals surface area contributed by atoms with Crippen LogP contribution in [0.25, 0.3) is 0 Å². The third-order valence-corrected chi connectivity index (χ3v) is 4.74. The molecule has 0 bridgehead atoms. The molecule has 4 heteroatoms. The predicted molar refractivity (Wildman–Crippen MR) is 94.5 cm³/mol. The Morgan fingerprint density at radius 3 is 2.71 bits per heavy atom. The van der Waals surface area contributed by atoms with E-state index in [1.165, 1.54) is 5.56 Å². The standard InChI is InChI=1S/C20H22N2O2/c1-3-6-20-22-18(16-7-4-5-8-19(16)24-20)13-17(21-22)14-9-11-15(23-2)12-10-14/h4-5,7-12,18,20H,3,6,13H2,1-2H3/t18-,20-/m0/s1. The van der Waals surface area contributed by atoms with E-state index >= 15 is 0 Å². The predicted octanol–water partition coefficient (Wildman–Crippen LogP) is 4.36. The van der Waals surface area contributed by atoms with E-state index < -0.39 is 0 Å². The van der Waals surface area contributed by atoms with Crippen LogP contribution in [0.5, 0.6) is 11.5 Å². The molecular formula is C20H22N2O2. The molecule has 0 fully saturated rings. The summed E-state index contributed by atoms with van der Waals surface area (Å²) in [6.07, 6.45) is 2.98. The van der Waals surface area contributed by atoms with Gasteiger partial charge in [-0.3, -0.25) is 5.01 Å². The first-order valence-corrected chi connectivity index (χ1v) is 8.56. The molecule has 2 heterocycles. The summed E-state index contributed by atoms with van der Waals surface area (Å²) in [6, 6.07) is 16.7. The second-order valence-corrected chi connectivity index (χ2v) is 6.27. The first-order valence-electron chi connectivity index (χ1n) is 8.56. The monoisotopic (exact) mass is 322 g/mol. The Morgan fingerprint density at radius 1 is 1.17 bits per heavy atom. The van der Waals surface area contributed by atoms with Crippen molar-refractivity contribution in [2.75, 3.05) is 7.11 Å². The summed E-state index contributed by atoms with van der Waals surface area (Å²) in [7, 11) is 1.69. The number of para-hydroxylation sites is 1. The highest BCUT2D eigenvalue weighted by Crippen LogP contribution is 2.43. The van der Waals surface area contributed by atoms with Crippen molar-refractivity contribution < 1.29 is 9.47 Å². The van der Waals surface area contributed by atoms with Crippen molar-refractivity contribution in [1.29, 1.82) is 0 Å². The summed E-state index contributed by atoms with van der Waals surface area (Å²) in [5, 5.41) is 7.08. The molecule has 0 aromatic heterocycles. The fourth-order valence-corrected chi connectivity index (χ4v) is 3.50. The molecule has 0 saturated carbocycles. The van der Waals surface area contributed by atoms with E-state index in [-0.39, 0.29) is 12.3 Å². The first kappa shape index (κ1) is 15.1. The van der Waals surface area contributed by atoms with Gasteiger partial charge < -0.3 is 9.47 Å². The Labute approximate surface area is 142 Å². The van der Waals surface area contributed by atoms with E-state index in [0.29, 0.717) is 0 Å². The highest BCUT2D eigenvalue weighted by atomic mass is 16.5. The van der Waals surface area contributed by atoms with Crippen molar-refractivity contribution in [1.82, 2.24) is 5.01 Å². The van der Waals surface area contributed by atoms with Gasteiger partial charge in [0.25, 0.3) is 0 Å². The van der Waals surface area contributed by atoms with Crippen LogP contribution in [-0.2, 0) is 0 Å². The summed E-state index contributed by atoms with van der Waals surface area (Å²) in [4.78, 5) is 0. The van der Waals surface area contributed by atoms with Crippen LogP contribution in [0.15, 0.2) is 53.6 Å². The third-order valence-electron chi connectivity index (χ3n) is 4.74. The zero-order chi connectivity index (χ0) is 16.5. The second-order valence-electron chi connectivity index (χ2n) is 6.27. The molecule has 4 nitrogen and oxygen atoms in total. The summed E-state index contributed by atoms with van der Waals surface area (Å²) in [5.41, 5.74) is 3.50. The maximum absolute atomic E-state index is 6.21. The number of fused-ring (bicyclic) bond motifs is 3. The van der Waals surface area contributed by atoms with Gasteiger partial charge in [-0.15, -0.1) is 0 Å². The van der Waals surface area contributed by atoms with Crippen LogP contribution in [-0.4, -0.2) is 24.1 Å². The van der Waals surface area contributed by atoms with E-state index in [4.69, 9.17) is 14.6 Å². The van der Waals surface area contributed by atoms with Crippen LogP contribution >= 0.6 is 0 Å². The number of methoxy groups -OCH3 is 1. The number of rotatable bonds is 4. The minimum atomic E-state index is 0.0191. The lowest BCUT2D eigenvalue weighted by Crippen LogP contribution is -2.40. The van der Waals surface area contributed by atoms with E-state index in [1.807, 2.05) is 18.2 Å². The van der Waals surface area contributed by atoms with E-state index in [2.05, 4.69) is 42.3 Å². The van der Waals surface area contributed by atoms with Crippen molar-refractivity contribution in [3.63, 3.8) is 0 Å². The summed E-state index contributed by atoms with van der Waals surface area (Å²) in [6.45, 7) is 2.18. The quantitative estimate of drug-likeness (QED) is 0.838. The third kappa shape index (κ3) is 2.52. The van der Waals surface area contributed by atoms with Crippen LogP contribution in [0.3, 0.4) is 0 Å². The van der Waals surface area contributed by atoms with Gasteiger partial charge in [-0.25, -0.2) is 0 Å². The summed E-state index contributed by atoms with van der Waals surface area (Å²) >= 11 is 0. The number of ether oxygens (including phenoxy) is 2. The average molecular weight is 322 g/mol. The molecule has 2 aliphatic rings. The number of hydrogen-bond donors (Lipinski definition) is 0. The Morgan fingerprint density at radius 2 is 1.96 bits per heavy atom. The zero-order valence-electron chi connectivity index (χ0n) is 14.1. The lowest BCUT2D eigenvalue weighted by molar-refractivity contribution is -0.0223. The maximum Gasteiger partial charge on any atom is 0.187 e. The van der Waals surface area contributed by atoms with Crippen molar-refractivity contribution in [2.45, 2.75) is 38.5 Å². The zero-order valence-corrected chi connectivity index (χ0v) is 14.1. The van der Waals surface area contributed by atoms with Gasteiger partial charge in [-0.2, -0.15) is 5.10 Å². The highest BCUT2D eigenvalue weighted by Gasteiger charge is 2.39. The number of benzene rings is 2. The van der Waals surface area contributed by atoms with Gasteiger partial charge in [0.05, 0.1) is 18.9 Å². The Hall–Kier alpha value is -2.49. The van der Waals surface area contributed by atoms with Gasteiger partial charge in [-0.1, -0.05) is 31.5 Å². The molecule has 2 aromatic rings. The topological polar surface area (TPSA) is 34.1 Å². The van der Waals surface area contributed by atoms with Gasteiger partial charge in [0.1, 0.15) is 11.5 Å². The molecule has 0 aliphatic carbocycles. The molecule has 0 amide bonds. The van der Waals surface area contributed by atoms with Gasteiger partial charge in [0.15, 0.2) is 6.23 Å². The van der Waals surface area contributed by atoms with Gasteiger partial charge in [-0.05, 0) is 35.9 Å². The van der Waals surface area contributed by atoms with Gasteiger partial charge in [0.2, 0.25) is 0 Å². The van der Waals surface area contributed by atoms with E-state index in [1.54, 1.807) is 7.11 Å². The normalized spacial score (nSPS) is 21.6. The van der Waals surface area contributed by atoms with Gasteiger partial charge >= 0.3 is 0 Å². The molecule has 2 aliphatic heterocycles. The lowest BCUT2D eigenvalue weighted by Gasteiger charge is -2.38. The molecule has 0 radical (unpaired) electrons. The Balaban J connectivity index is 1.68. The van der Waals surface area contributed by atoms with Crippen LogP contribution in [0.1, 0.15) is 43.4 Å². The average Bonchev–Trinajstić information content (AvgIpc) is 3.08. The molecule has 0 N–H and O–H groups in total. The smallest absolute Gasteiger partial charge is 0.187 e. The fraction of sp³-hybridized carbons (Fsp3) is 0.350. The van der Waals surface area contributed by atoms with Crippen molar-refractivity contribution in [3.05, 3.63) is 59.7 Å². The first-order chi connectivity index (χ1) is 11.8. The molecule has 4 rings (SSSR count). The fourth-order valence-electron chi connectivity index (χ4n) is 3.50. The summed E-state index contributed by atoms with van der Waals surface area (Å²) in [5.74, 6) is 1.87. The van der Waals surface area contributed by atoms with Crippen LogP contribution in [0.4, 0.5) is 0 Å². The molecule has 0 spiro atoms. The molecular weight excluding hydrogens is 300 g/mol. The molecule has 0 unspecified atom stereocenters. The van der Waals surface area contributed by atoms with E-state index in [0.717, 1.165) is 42.0 Å². The SMILES string of the molecule is CCC[C@@H]1Oc2ccccc2[C@@H]2CC(c3ccc(OC)cc3)=NN12. The summed E-state index contributed by atoms with van der Waals surface area (Å²) < 4.78 is 11.5. The van der Waals surface area contributed by atoms with E-state index in [9.17, 15) is 0 Å². The van der Waals surface area contributed by atoms with Crippen molar-refractivity contribution in [3.8, 4) is 11.5 Å². The molecule has 0 saturated heterocycles. The molecule has 2 atom stereocenters. The maximum atomic E-state index is 6.21. The second kappa shape index (κ2) is 6.19. The van der Waals surface area contributed by atoms with Gasteiger partial charge in [0, 0.05) is 18.4 Å². The minimum absolute atomic E-state index is 0.0191. The minimum Gasteiger partial charge on any atom is -0.497 e. The molecule has 124 valence electrons. The number of hydrogen-bond acceptors (Lipinski definition) is 4. The van der Waals surface area contributed by atoms with Crippen LogP contribution in [0, 0.1) is 0 Å². The molecule has 2 aromatic carbocycles. The largest absolute Gasteiger partial charge is 0.497 e. The lowest BCUT2D eigenvalue weighted by atomic mass is 9.96. The number of hydrazone groups is 1. The van der Waals surface area contributed by atoms with Crippen molar-refractivity contribution in [2.24, 2.45) is 5.10 Å². The van der Waals surface area contributed by atoms with Crippen LogP contribution in [0.2, 0.25) is 0 Å². The van der Waals surface area contributed by atoms with Crippen molar-refractivity contribution >= 4 is 5.71 Å². The highest BCUT2D eigenvalue weighted by molar-refractivity contribution is 6.02.